The average molecular weight is 388 g/mol. The molecule has 0 aliphatic heterocycles. The minimum Gasteiger partial charge on any atom is -0.488 e. The van der Waals surface area contributed by atoms with Crippen LogP contribution in [0, 0.1) is 0 Å². The van der Waals surface area contributed by atoms with Crippen LogP contribution in [-0.4, -0.2) is 23.0 Å². The van der Waals surface area contributed by atoms with Crippen LogP contribution in [0.25, 0.3) is 0 Å². The van der Waals surface area contributed by atoms with Gasteiger partial charge in [0.2, 0.25) is 0 Å². The first-order chi connectivity index (χ1) is 14.2. The fourth-order valence-corrected chi connectivity index (χ4v) is 2.43. The van der Waals surface area contributed by atoms with Crippen molar-refractivity contribution in [3.05, 3.63) is 95.8 Å². The molecule has 0 radical (unpaired) electrons. The number of carbonyl (C=O) groups excluding carboxylic acids is 2. The first-order valence-corrected chi connectivity index (χ1v) is 8.98. The number of nitrogens with one attached hydrogen (secondary N) is 2. The highest BCUT2D eigenvalue weighted by Crippen LogP contribution is 2.17. The Morgan fingerprint density at radius 2 is 1.62 bits per heavy atom. The number of aromatic nitrogens is 1. The fourth-order valence-electron chi connectivity index (χ4n) is 2.43. The summed E-state index contributed by atoms with van der Waals surface area (Å²) in [5, 5.41) is 6.38. The Hall–Kier alpha value is -4.00. The molecule has 0 unspecified atom stereocenters. The van der Waals surface area contributed by atoms with Crippen LogP contribution in [0.5, 0.6) is 5.75 Å². The maximum atomic E-state index is 11.9. The molecule has 29 heavy (non-hydrogen) atoms. The summed E-state index contributed by atoms with van der Waals surface area (Å²) >= 11 is 0. The van der Waals surface area contributed by atoms with Crippen molar-refractivity contribution in [3.8, 4) is 5.75 Å². The van der Waals surface area contributed by atoms with E-state index < -0.39 is 11.8 Å². The second-order valence-electron chi connectivity index (χ2n) is 6.05. The Morgan fingerprint density at radius 3 is 2.41 bits per heavy atom. The molecule has 0 atom stereocenters. The zero-order valence-corrected chi connectivity index (χ0v) is 15.6. The molecule has 0 aliphatic rings. The van der Waals surface area contributed by atoms with Gasteiger partial charge in [-0.25, -0.2) is 5.43 Å². The molecule has 3 aromatic rings. The SMILES string of the molecule is O=C(NCc1ccncc1)C(=O)N/N=C/c1ccccc1OCc1ccccc1. The molecule has 1 heterocycles. The summed E-state index contributed by atoms with van der Waals surface area (Å²) in [5.74, 6) is -0.998. The smallest absolute Gasteiger partial charge is 0.329 e. The molecule has 7 nitrogen and oxygen atoms in total. The average Bonchev–Trinajstić information content (AvgIpc) is 2.78. The molecule has 0 spiro atoms. The van der Waals surface area contributed by atoms with Crippen LogP contribution in [-0.2, 0) is 22.7 Å². The zero-order chi connectivity index (χ0) is 20.3. The van der Waals surface area contributed by atoms with Gasteiger partial charge in [0.05, 0.1) is 6.21 Å². The Labute approximate surface area is 168 Å². The number of para-hydroxylation sites is 1. The number of pyridine rings is 1. The summed E-state index contributed by atoms with van der Waals surface area (Å²) in [7, 11) is 0. The molecule has 0 saturated heterocycles. The molecule has 7 heteroatoms. The lowest BCUT2D eigenvalue weighted by Gasteiger charge is -2.09. The number of rotatable bonds is 7. The van der Waals surface area contributed by atoms with Crippen LogP contribution in [0.3, 0.4) is 0 Å². The van der Waals surface area contributed by atoms with Crippen molar-refractivity contribution in [2.45, 2.75) is 13.2 Å². The lowest BCUT2D eigenvalue weighted by molar-refractivity contribution is -0.139. The van der Waals surface area contributed by atoms with Crippen molar-refractivity contribution in [1.82, 2.24) is 15.7 Å². The second-order valence-corrected chi connectivity index (χ2v) is 6.05. The van der Waals surface area contributed by atoms with Crippen molar-refractivity contribution >= 4 is 18.0 Å². The largest absolute Gasteiger partial charge is 0.488 e. The second kappa shape index (κ2) is 10.4. The molecule has 0 bridgehead atoms. The van der Waals surface area contributed by atoms with E-state index in [0.29, 0.717) is 17.9 Å². The van der Waals surface area contributed by atoms with Gasteiger partial charge in [0, 0.05) is 24.5 Å². The van der Waals surface area contributed by atoms with Crippen molar-refractivity contribution in [2.24, 2.45) is 5.10 Å². The van der Waals surface area contributed by atoms with E-state index in [1.54, 1.807) is 30.6 Å². The summed E-state index contributed by atoms with van der Waals surface area (Å²) < 4.78 is 5.83. The highest BCUT2D eigenvalue weighted by Gasteiger charge is 2.12. The Kier molecular flexibility index (Phi) is 7.06. The van der Waals surface area contributed by atoms with E-state index in [1.165, 1.54) is 6.21 Å². The number of amides is 2. The van der Waals surface area contributed by atoms with E-state index >= 15 is 0 Å². The predicted octanol–water partition coefficient (Wildman–Crippen LogP) is 2.43. The molecule has 2 aromatic carbocycles. The normalized spacial score (nSPS) is 10.5. The number of nitrogens with zero attached hydrogens (tertiary/aromatic N) is 2. The molecular formula is C22H20N4O3. The van der Waals surface area contributed by atoms with Crippen LogP contribution in [0.4, 0.5) is 0 Å². The first-order valence-electron chi connectivity index (χ1n) is 8.98. The summed E-state index contributed by atoms with van der Waals surface area (Å²) in [6, 6.07) is 20.6. The third kappa shape index (κ3) is 6.28. The van der Waals surface area contributed by atoms with Gasteiger partial charge in [-0.15, -0.1) is 0 Å². The number of ether oxygens (including phenoxy) is 1. The van der Waals surface area contributed by atoms with Crippen LogP contribution in [0.2, 0.25) is 0 Å². The quantitative estimate of drug-likeness (QED) is 0.369. The van der Waals surface area contributed by atoms with Crippen LogP contribution >= 0.6 is 0 Å². The van der Waals surface area contributed by atoms with Crippen molar-refractivity contribution in [3.63, 3.8) is 0 Å². The Balaban J connectivity index is 1.51. The van der Waals surface area contributed by atoms with Gasteiger partial charge in [-0.2, -0.15) is 5.10 Å². The zero-order valence-electron chi connectivity index (χ0n) is 15.6. The van der Waals surface area contributed by atoms with E-state index in [-0.39, 0.29) is 6.54 Å². The molecule has 146 valence electrons. The van der Waals surface area contributed by atoms with Gasteiger partial charge in [0.15, 0.2) is 0 Å². The van der Waals surface area contributed by atoms with Gasteiger partial charge in [-0.05, 0) is 35.4 Å². The first kappa shape index (κ1) is 19.8. The number of hydrogen-bond donors (Lipinski definition) is 2. The van der Waals surface area contributed by atoms with E-state index in [2.05, 4.69) is 20.8 Å². The van der Waals surface area contributed by atoms with Crippen molar-refractivity contribution < 1.29 is 14.3 Å². The molecule has 0 aliphatic carbocycles. The maximum absolute atomic E-state index is 11.9. The van der Waals surface area contributed by atoms with Crippen molar-refractivity contribution in [1.29, 1.82) is 0 Å². The maximum Gasteiger partial charge on any atom is 0.329 e. The van der Waals surface area contributed by atoms with Crippen molar-refractivity contribution in [2.75, 3.05) is 0 Å². The van der Waals surface area contributed by atoms with E-state index in [4.69, 9.17) is 4.74 Å². The predicted molar refractivity (Wildman–Crippen MR) is 109 cm³/mol. The summed E-state index contributed by atoms with van der Waals surface area (Å²) in [6.07, 6.45) is 4.67. The molecule has 2 amide bonds. The fraction of sp³-hybridized carbons (Fsp3) is 0.0909. The summed E-state index contributed by atoms with van der Waals surface area (Å²) in [5.41, 5.74) is 4.78. The number of hydrazone groups is 1. The molecule has 3 rings (SSSR count). The highest BCUT2D eigenvalue weighted by atomic mass is 16.5. The molecule has 2 N–H and O–H groups in total. The minimum absolute atomic E-state index is 0.231. The third-order valence-electron chi connectivity index (χ3n) is 3.93. The Morgan fingerprint density at radius 1 is 0.897 bits per heavy atom. The standard InChI is InChI=1S/C22H20N4O3/c27-21(24-14-17-10-12-23-13-11-17)22(28)26-25-15-19-8-4-5-9-20(19)29-16-18-6-2-1-3-7-18/h1-13,15H,14,16H2,(H,24,27)(H,26,28)/b25-15+. The Bertz CT molecular complexity index is 976. The van der Waals surface area contributed by atoms with E-state index in [9.17, 15) is 9.59 Å². The molecule has 0 saturated carbocycles. The van der Waals surface area contributed by atoms with Gasteiger partial charge >= 0.3 is 11.8 Å². The van der Waals surface area contributed by atoms with Gasteiger partial charge in [0.25, 0.3) is 0 Å². The number of hydrogen-bond acceptors (Lipinski definition) is 5. The van der Waals surface area contributed by atoms with Gasteiger partial charge in [0.1, 0.15) is 12.4 Å². The van der Waals surface area contributed by atoms with Crippen LogP contribution in [0.15, 0.2) is 84.2 Å². The third-order valence-corrected chi connectivity index (χ3v) is 3.93. The van der Waals surface area contributed by atoms with E-state index in [1.807, 2.05) is 48.5 Å². The lowest BCUT2D eigenvalue weighted by atomic mass is 10.2. The van der Waals surface area contributed by atoms with Crippen LogP contribution < -0.4 is 15.5 Å². The highest BCUT2D eigenvalue weighted by molar-refractivity contribution is 6.35. The number of benzene rings is 2. The molecule has 1 aromatic heterocycles. The monoisotopic (exact) mass is 388 g/mol. The minimum atomic E-state index is -0.849. The van der Waals surface area contributed by atoms with E-state index in [0.717, 1.165) is 11.1 Å². The molecule has 0 fully saturated rings. The molecular weight excluding hydrogens is 368 g/mol. The number of carbonyl (C=O) groups is 2. The summed E-state index contributed by atoms with van der Waals surface area (Å²) in [6.45, 7) is 0.643. The topological polar surface area (TPSA) is 92.7 Å². The van der Waals surface area contributed by atoms with Gasteiger partial charge in [-0.3, -0.25) is 14.6 Å². The lowest BCUT2D eigenvalue weighted by Crippen LogP contribution is -2.37. The van der Waals surface area contributed by atoms with Gasteiger partial charge in [-0.1, -0.05) is 42.5 Å². The van der Waals surface area contributed by atoms with Gasteiger partial charge < -0.3 is 10.1 Å². The summed E-state index contributed by atoms with van der Waals surface area (Å²) in [4.78, 5) is 27.6. The van der Waals surface area contributed by atoms with Crippen LogP contribution in [0.1, 0.15) is 16.7 Å².